The van der Waals surface area contributed by atoms with Crippen LogP contribution >= 0.6 is 0 Å². The summed E-state index contributed by atoms with van der Waals surface area (Å²) in [7, 11) is 0. The molecule has 11 heteroatoms. The average molecular weight is 393 g/mol. The molecule has 1 N–H and O–H groups in total. The van der Waals surface area contributed by atoms with Crippen molar-refractivity contribution in [1.29, 1.82) is 0 Å². The van der Waals surface area contributed by atoms with E-state index in [2.05, 4.69) is 29.9 Å². The molecule has 0 atom stereocenters. The van der Waals surface area contributed by atoms with Crippen LogP contribution in [-0.4, -0.2) is 26.2 Å². The minimum absolute atomic E-state index is 0.0334. The van der Waals surface area contributed by atoms with Crippen molar-refractivity contribution in [1.82, 2.24) is 20.1 Å². The first-order valence-electron chi connectivity index (χ1n) is 7.96. The Morgan fingerprint density at radius 1 is 1.29 bits per heavy atom. The third-order valence-electron chi connectivity index (χ3n) is 3.70. The van der Waals surface area contributed by atoms with Crippen LogP contribution in [0.1, 0.15) is 22.7 Å². The zero-order valence-corrected chi connectivity index (χ0v) is 14.7. The molecule has 0 spiro atoms. The van der Waals surface area contributed by atoms with Gasteiger partial charge in [-0.1, -0.05) is 11.2 Å². The Balaban J connectivity index is 1.66. The number of hydrogen-bond acceptors (Lipinski definition) is 7. The summed E-state index contributed by atoms with van der Waals surface area (Å²) in [5.41, 5.74) is 2.19. The quantitative estimate of drug-likeness (QED) is 0.717. The normalized spacial score (nSPS) is 11.3. The van der Waals surface area contributed by atoms with Crippen molar-refractivity contribution >= 4 is 11.9 Å². The number of carbonyl (C=O) groups excluding carboxylic acids is 1. The first-order chi connectivity index (χ1) is 13.2. The molecule has 0 unspecified atom stereocenters. The van der Waals surface area contributed by atoms with Gasteiger partial charge in [0.05, 0.1) is 0 Å². The van der Waals surface area contributed by atoms with Crippen LogP contribution in [0.15, 0.2) is 35.1 Å². The van der Waals surface area contributed by atoms with Crippen molar-refractivity contribution in [2.24, 2.45) is 0 Å². The fourth-order valence-electron chi connectivity index (χ4n) is 2.23. The van der Waals surface area contributed by atoms with Crippen molar-refractivity contribution in [3.63, 3.8) is 0 Å². The molecule has 3 aromatic heterocycles. The third-order valence-corrected chi connectivity index (χ3v) is 3.70. The Morgan fingerprint density at radius 2 is 2.07 bits per heavy atom. The number of nitrogens with one attached hydrogen (secondary N) is 1. The maximum atomic E-state index is 12.5. The van der Waals surface area contributed by atoms with E-state index in [1.807, 2.05) is 0 Å². The number of aromatic nitrogens is 4. The van der Waals surface area contributed by atoms with Crippen molar-refractivity contribution in [3.8, 4) is 11.4 Å². The predicted octanol–water partition coefficient (Wildman–Crippen LogP) is 3.91. The molecule has 0 radical (unpaired) electrons. The SMILES string of the molecule is Cc1cc(-c2noc(C(F)(F)F)n2)cnc1NC(=O)OCc1cccnc1C. The maximum Gasteiger partial charge on any atom is 0.471 e. The van der Waals surface area contributed by atoms with Gasteiger partial charge in [-0.3, -0.25) is 10.3 Å². The zero-order valence-electron chi connectivity index (χ0n) is 14.7. The highest BCUT2D eigenvalue weighted by atomic mass is 19.4. The van der Waals surface area contributed by atoms with E-state index in [0.717, 1.165) is 11.3 Å². The summed E-state index contributed by atoms with van der Waals surface area (Å²) in [5.74, 6) is -1.52. The molecule has 8 nitrogen and oxygen atoms in total. The van der Waals surface area contributed by atoms with E-state index < -0.39 is 18.2 Å². The molecule has 3 rings (SSSR count). The van der Waals surface area contributed by atoms with Gasteiger partial charge >= 0.3 is 18.2 Å². The second-order valence-corrected chi connectivity index (χ2v) is 5.76. The largest absolute Gasteiger partial charge is 0.471 e. The fourth-order valence-corrected chi connectivity index (χ4v) is 2.23. The number of anilines is 1. The van der Waals surface area contributed by atoms with Crippen LogP contribution in [0.5, 0.6) is 0 Å². The Kier molecular flexibility index (Phi) is 5.25. The molecule has 0 aromatic carbocycles. The van der Waals surface area contributed by atoms with Crippen molar-refractivity contribution in [2.75, 3.05) is 5.32 Å². The van der Waals surface area contributed by atoms with Crippen LogP contribution in [0.25, 0.3) is 11.4 Å². The molecule has 0 bridgehead atoms. The number of hydrogen-bond donors (Lipinski definition) is 1. The van der Waals surface area contributed by atoms with E-state index in [4.69, 9.17) is 4.74 Å². The van der Waals surface area contributed by atoms with Gasteiger partial charge in [-0.25, -0.2) is 9.78 Å². The molecule has 0 saturated carbocycles. The van der Waals surface area contributed by atoms with Crippen LogP contribution in [0, 0.1) is 13.8 Å². The topological polar surface area (TPSA) is 103 Å². The second-order valence-electron chi connectivity index (χ2n) is 5.76. The van der Waals surface area contributed by atoms with Crippen molar-refractivity contribution in [2.45, 2.75) is 26.6 Å². The first kappa shape index (κ1) is 19.3. The van der Waals surface area contributed by atoms with Gasteiger partial charge in [-0.15, -0.1) is 0 Å². The molecule has 0 fully saturated rings. The number of amides is 1. The van der Waals surface area contributed by atoms with Gasteiger partial charge in [-0.2, -0.15) is 18.2 Å². The molecule has 0 saturated heterocycles. The van der Waals surface area contributed by atoms with E-state index in [9.17, 15) is 18.0 Å². The Morgan fingerprint density at radius 3 is 2.71 bits per heavy atom. The maximum absolute atomic E-state index is 12.5. The van der Waals surface area contributed by atoms with Gasteiger partial charge in [0, 0.05) is 29.2 Å². The van der Waals surface area contributed by atoms with Gasteiger partial charge in [0.15, 0.2) is 0 Å². The summed E-state index contributed by atoms with van der Waals surface area (Å²) >= 11 is 0. The summed E-state index contributed by atoms with van der Waals surface area (Å²) in [6, 6.07) is 4.99. The predicted molar refractivity (Wildman–Crippen MR) is 90.0 cm³/mol. The highest BCUT2D eigenvalue weighted by Crippen LogP contribution is 2.29. The lowest BCUT2D eigenvalue weighted by Crippen LogP contribution is -2.15. The van der Waals surface area contributed by atoms with Crippen LogP contribution in [-0.2, 0) is 17.5 Å². The van der Waals surface area contributed by atoms with Crippen LogP contribution in [0.2, 0.25) is 0 Å². The summed E-state index contributed by atoms with van der Waals surface area (Å²) in [4.78, 5) is 23.4. The average Bonchev–Trinajstić information content (AvgIpc) is 3.13. The zero-order chi connectivity index (χ0) is 20.3. The number of aryl methyl sites for hydroxylation is 2. The standard InChI is InChI=1S/C17H14F3N5O3/c1-9-6-12(14-23-15(28-25-14)17(18,19)20)7-22-13(9)24-16(26)27-8-11-4-3-5-21-10(11)2/h3-7H,8H2,1-2H3,(H,22,24,26). The molecular formula is C17H14F3N5O3. The Labute approximate surface area is 156 Å². The summed E-state index contributed by atoms with van der Waals surface area (Å²) < 4.78 is 47.0. The molecular weight excluding hydrogens is 379 g/mol. The molecule has 0 aliphatic carbocycles. The minimum atomic E-state index is -4.73. The summed E-state index contributed by atoms with van der Waals surface area (Å²) in [6.45, 7) is 3.44. The van der Waals surface area contributed by atoms with E-state index in [0.29, 0.717) is 5.56 Å². The second kappa shape index (κ2) is 7.62. The fraction of sp³-hybridized carbons (Fsp3) is 0.235. The number of rotatable bonds is 4. The number of alkyl halides is 3. The smallest absolute Gasteiger partial charge is 0.444 e. The number of carbonyl (C=O) groups is 1. The highest BCUT2D eigenvalue weighted by Gasteiger charge is 2.38. The van der Waals surface area contributed by atoms with Gasteiger partial charge < -0.3 is 9.26 Å². The van der Waals surface area contributed by atoms with E-state index >= 15 is 0 Å². The van der Waals surface area contributed by atoms with E-state index in [1.54, 1.807) is 32.2 Å². The van der Waals surface area contributed by atoms with E-state index in [1.165, 1.54) is 12.3 Å². The van der Waals surface area contributed by atoms with E-state index in [-0.39, 0.29) is 23.8 Å². The van der Waals surface area contributed by atoms with Crippen LogP contribution in [0.4, 0.5) is 23.8 Å². The number of pyridine rings is 2. The lowest BCUT2D eigenvalue weighted by atomic mass is 10.2. The molecule has 3 heterocycles. The molecule has 28 heavy (non-hydrogen) atoms. The lowest BCUT2D eigenvalue weighted by molar-refractivity contribution is -0.159. The Hall–Kier alpha value is -3.50. The van der Waals surface area contributed by atoms with Crippen molar-refractivity contribution in [3.05, 3.63) is 53.3 Å². The summed E-state index contributed by atoms with van der Waals surface area (Å²) in [6.07, 6.45) is -2.61. The van der Waals surface area contributed by atoms with Gasteiger partial charge in [0.25, 0.3) is 0 Å². The minimum Gasteiger partial charge on any atom is -0.444 e. The molecule has 146 valence electrons. The first-order valence-corrected chi connectivity index (χ1v) is 7.96. The molecule has 0 aliphatic rings. The van der Waals surface area contributed by atoms with Crippen LogP contribution in [0.3, 0.4) is 0 Å². The van der Waals surface area contributed by atoms with Gasteiger partial charge in [-0.05, 0) is 31.5 Å². The molecule has 1 amide bonds. The van der Waals surface area contributed by atoms with Crippen molar-refractivity contribution < 1.29 is 27.2 Å². The van der Waals surface area contributed by atoms with Gasteiger partial charge in [0.2, 0.25) is 5.82 Å². The summed E-state index contributed by atoms with van der Waals surface area (Å²) in [5, 5.41) is 5.76. The Bertz CT molecular complexity index is 1000. The number of halogens is 3. The highest BCUT2D eigenvalue weighted by molar-refractivity contribution is 5.84. The third kappa shape index (κ3) is 4.42. The molecule has 3 aromatic rings. The lowest BCUT2D eigenvalue weighted by Gasteiger charge is -2.10. The van der Waals surface area contributed by atoms with Gasteiger partial charge in [0.1, 0.15) is 12.4 Å². The number of nitrogens with zero attached hydrogens (tertiary/aromatic N) is 4. The monoisotopic (exact) mass is 393 g/mol. The number of ether oxygens (including phenoxy) is 1. The molecule has 0 aliphatic heterocycles. The van der Waals surface area contributed by atoms with Crippen LogP contribution < -0.4 is 5.32 Å².